The Morgan fingerprint density at radius 3 is 3.00 bits per heavy atom. The summed E-state index contributed by atoms with van der Waals surface area (Å²) < 4.78 is 5.29. The quantitative estimate of drug-likeness (QED) is 0.926. The van der Waals surface area contributed by atoms with Crippen molar-refractivity contribution in [2.75, 3.05) is 24.5 Å². The van der Waals surface area contributed by atoms with E-state index < -0.39 is 0 Å². The number of piperidine rings is 1. The Labute approximate surface area is 123 Å². The summed E-state index contributed by atoms with van der Waals surface area (Å²) in [5.41, 5.74) is 1.48. The van der Waals surface area contributed by atoms with E-state index in [0.717, 1.165) is 36.5 Å². The lowest BCUT2D eigenvalue weighted by molar-refractivity contribution is 0.375. The van der Waals surface area contributed by atoms with Gasteiger partial charge in [0, 0.05) is 12.6 Å². The van der Waals surface area contributed by atoms with E-state index in [4.69, 9.17) is 4.52 Å². The lowest BCUT2D eigenvalue weighted by atomic mass is 9.99. The zero-order valence-corrected chi connectivity index (χ0v) is 12.4. The van der Waals surface area contributed by atoms with Gasteiger partial charge >= 0.3 is 0 Å². The minimum Gasteiger partial charge on any atom is -0.353 e. The van der Waals surface area contributed by atoms with E-state index in [1.54, 1.807) is 6.33 Å². The van der Waals surface area contributed by atoms with Crippen LogP contribution in [0.25, 0.3) is 11.1 Å². The van der Waals surface area contributed by atoms with E-state index in [1.165, 1.54) is 25.7 Å². The maximum atomic E-state index is 5.29. The van der Waals surface area contributed by atoms with Crippen molar-refractivity contribution in [3.05, 3.63) is 12.0 Å². The van der Waals surface area contributed by atoms with Crippen LogP contribution in [0.2, 0.25) is 0 Å². The maximum absolute atomic E-state index is 5.29. The fourth-order valence-electron chi connectivity index (χ4n) is 3.27. The molecular formula is C15H21N5O. The van der Waals surface area contributed by atoms with E-state index in [2.05, 4.69) is 25.3 Å². The van der Waals surface area contributed by atoms with Gasteiger partial charge in [-0.1, -0.05) is 5.16 Å². The summed E-state index contributed by atoms with van der Waals surface area (Å²) >= 11 is 0. The van der Waals surface area contributed by atoms with Crippen LogP contribution in [0.1, 0.15) is 31.4 Å². The molecular weight excluding hydrogens is 266 g/mol. The minimum absolute atomic E-state index is 0.602. The molecule has 6 nitrogen and oxygen atoms in total. The molecule has 6 heteroatoms. The Morgan fingerprint density at radius 2 is 2.24 bits per heavy atom. The minimum atomic E-state index is 0.602. The third kappa shape index (κ3) is 2.48. The highest BCUT2D eigenvalue weighted by Crippen LogP contribution is 2.36. The van der Waals surface area contributed by atoms with Crippen molar-refractivity contribution in [1.82, 2.24) is 20.4 Å². The lowest BCUT2D eigenvalue weighted by Gasteiger charge is -2.31. The van der Waals surface area contributed by atoms with Crippen molar-refractivity contribution in [2.45, 2.75) is 38.6 Å². The zero-order chi connectivity index (χ0) is 14.2. The molecule has 21 heavy (non-hydrogen) atoms. The van der Waals surface area contributed by atoms with Crippen LogP contribution in [0.4, 0.5) is 5.82 Å². The van der Waals surface area contributed by atoms with Crippen LogP contribution in [0.15, 0.2) is 10.9 Å². The highest BCUT2D eigenvalue weighted by molar-refractivity contribution is 5.88. The molecule has 2 aromatic heterocycles. The molecule has 112 valence electrons. The second-order valence-electron chi connectivity index (χ2n) is 6.24. The van der Waals surface area contributed by atoms with Gasteiger partial charge in [0.15, 0.2) is 0 Å². The van der Waals surface area contributed by atoms with Crippen LogP contribution in [-0.4, -0.2) is 40.8 Å². The summed E-state index contributed by atoms with van der Waals surface area (Å²) in [5, 5.41) is 8.53. The number of hydrogen-bond donors (Lipinski definition) is 1. The van der Waals surface area contributed by atoms with Gasteiger partial charge in [0.1, 0.15) is 17.5 Å². The summed E-state index contributed by atoms with van der Waals surface area (Å²) in [4.78, 5) is 11.2. The molecule has 0 bridgehead atoms. The first-order valence-electron chi connectivity index (χ1n) is 7.87. The highest BCUT2D eigenvalue weighted by Gasteiger charge is 2.33. The molecule has 0 amide bonds. The third-order valence-electron chi connectivity index (χ3n) is 4.54. The molecule has 2 aliphatic rings. The molecule has 0 spiro atoms. The van der Waals surface area contributed by atoms with Crippen LogP contribution < -0.4 is 10.2 Å². The van der Waals surface area contributed by atoms with Gasteiger partial charge in [-0.05, 0) is 51.6 Å². The number of nitrogens with one attached hydrogen (secondary N) is 1. The summed E-state index contributed by atoms with van der Waals surface area (Å²) in [5.74, 6) is 1.70. The van der Waals surface area contributed by atoms with Gasteiger partial charge < -0.3 is 14.7 Å². The van der Waals surface area contributed by atoms with Crippen molar-refractivity contribution in [1.29, 1.82) is 0 Å². The fraction of sp³-hybridized carbons (Fsp3) is 0.667. The van der Waals surface area contributed by atoms with E-state index in [-0.39, 0.29) is 0 Å². The monoisotopic (exact) mass is 287 g/mol. The first kappa shape index (κ1) is 13.0. The first-order valence-corrected chi connectivity index (χ1v) is 7.87. The number of aryl methyl sites for hydroxylation is 1. The molecule has 1 aliphatic carbocycles. The second-order valence-corrected chi connectivity index (χ2v) is 6.24. The molecule has 1 atom stereocenters. The van der Waals surface area contributed by atoms with E-state index in [1.807, 2.05) is 6.92 Å². The fourth-order valence-corrected chi connectivity index (χ4v) is 3.27. The van der Waals surface area contributed by atoms with Crippen LogP contribution in [0.5, 0.6) is 0 Å². The van der Waals surface area contributed by atoms with Crippen molar-refractivity contribution in [3.63, 3.8) is 0 Å². The van der Waals surface area contributed by atoms with E-state index >= 15 is 0 Å². The molecule has 1 aliphatic heterocycles. The standard InChI is InChI=1S/C15H21N5O/c1-10-13-14(17-9-18-15(13)21-19-10)20(12-4-5-12)8-11-3-2-6-16-7-11/h9,11-12,16H,2-8H2,1H3. The number of hydrogen-bond acceptors (Lipinski definition) is 6. The molecule has 2 aromatic rings. The summed E-state index contributed by atoms with van der Waals surface area (Å²) in [7, 11) is 0. The van der Waals surface area contributed by atoms with E-state index in [9.17, 15) is 0 Å². The first-order chi connectivity index (χ1) is 10.3. The molecule has 1 unspecified atom stereocenters. The summed E-state index contributed by atoms with van der Waals surface area (Å²) in [6, 6.07) is 0.624. The normalized spacial score (nSPS) is 22.6. The summed E-state index contributed by atoms with van der Waals surface area (Å²) in [6.45, 7) is 5.29. The van der Waals surface area contributed by atoms with E-state index in [0.29, 0.717) is 17.7 Å². The van der Waals surface area contributed by atoms with Gasteiger partial charge in [0.25, 0.3) is 5.71 Å². The molecule has 0 radical (unpaired) electrons. The topological polar surface area (TPSA) is 67.1 Å². The predicted molar refractivity (Wildman–Crippen MR) is 80.3 cm³/mol. The average Bonchev–Trinajstić information content (AvgIpc) is 3.29. The van der Waals surface area contributed by atoms with Gasteiger partial charge in [-0.2, -0.15) is 4.98 Å². The molecule has 0 aromatic carbocycles. The Hall–Kier alpha value is -1.69. The van der Waals surface area contributed by atoms with Gasteiger partial charge in [-0.15, -0.1) is 0 Å². The number of fused-ring (bicyclic) bond motifs is 1. The Morgan fingerprint density at radius 1 is 1.33 bits per heavy atom. The smallest absolute Gasteiger partial charge is 0.263 e. The SMILES string of the molecule is Cc1noc2ncnc(N(CC3CCCNC3)C3CC3)c12. The van der Waals surface area contributed by atoms with Crippen molar-refractivity contribution >= 4 is 16.9 Å². The van der Waals surface area contributed by atoms with Crippen LogP contribution in [0.3, 0.4) is 0 Å². The number of aromatic nitrogens is 3. The predicted octanol–water partition coefficient (Wildman–Crippen LogP) is 1.89. The van der Waals surface area contributed by atoms with Gasteiger partial charge in [-0.25, -0.2) is 4.98 Å². The number of rotatable bonds is 4. The molecule has 1 N–H and O–H groups in total. The third-order valence-corrected chi connectivity index (χ3v) is 4.54. The Bertz CT molecular complexity index is 630. The largest absolute Gasteiger partial charge is 0.353 e. The molecule has 3 heterocycles. The molecule has 4 rings (SSSR count). The molecule has 2 fully saturated rings. The lowest BCUT2D eigenvalue weighted by Crippen LogP contribution is -2.39. The Balaban J connectivity index is 1.67. The maximum Gasteiger partial charge on any atom is 0.263 e. The Kier molecular flexibility index (Phi) is 3.25. The van der Waals surface area contributed by atoms with Gasteiger partial charge in [-0.3, -0.25) is 0 Å². The van der Waals surface area contributed by atoms with Crippen molar-refractivity contribution < 1.29 is 4.52 Å². The van der Waals surface area contributed by atoms with Crippen LogP contribution in [-0.2, 0) is 0 Å². The summed E-state index contributed by atoms with van der Waals surface area (Å²) in [6.07, 6.45) is 6.68. The van der Waals surface area contributed by atoms with Crippen molar-refractivity contribution in [2.24, 2.45) is 5.92 Å². The van der Waals surface area contributed by atoms with Crippen molar-refractivity contribution in [3.8, 4) is 0 Å². The van der Waals surface area contributed by atoms with Gasteiger partial charge in [0.2, 0.25) is 0 Å². The molecule has 1 saturated heterocycles. The highest BCUT2D eigenvalue weighted by atomic mass is 16.5. The number of anilines is 1. The van der Waals surface area contributed by atoms with Gasteiger partial charge in [0.05, 0.1) is 5.69 Å². The zero-order valence-electron chi connectivity index (χ0n) is 12.4. The molecule has 1 saturated carbocycles. The number of nitrogens with zero attached hydrogens (tertiary/aromatic N) is 4. The second kappa shape index (κ2) is 5.26. The van der Waals surface area contributed by atoms with Crippen LogP contribution >= 0.6 is 0 Å². The van der Waals surface area contributed by atoms with Crippen LogP contribution in [0, 0.1) is 12.8 Å². The average molecular weight is 287 g/mol.